The van der Waals surface area contributed by atoms with Gasteiger partial charge < -0.3 is 15.2 Å². The Balaban J connectivity index is 1.66. The van der Waals surface area contributed by atoms with E-state index in [4.69, 9.17) is 15.2 Å². The smallest absolute Gasteiger partial charge is 0.240 e. The van der Waals surface area contributed by atoms with Crippen molar-refractivity contribution in [2.45, 2.75) is 58.3 Å². The van der Waals surface area contributed by atoms with Gasteiger partial charge in [0.1, 0.15) is 0 Å². The zero-order chi connectivity index (χ0) is 14.9. The number of unbranched alkanes of at least 4 members (excludes halogenated alkanes) is 5. The molecule has 2 N–H and O–H groups in total. The molecule has 4 heteroatoms. The van der Waals surface area contributed by atoms with Crippen molar-refractivity contribution in [3.63, 3.8) is 0 Å². The highest BCUT2D eigenvalue weighted by molar-refractivity contribution is 5.49. The van der Waals surface area contributed by atoms with Gasteiger partial charge in [-0.2, -0.15) is 4.98 Å². The van der Waals surface area contributed by atoms with E-state index in [1.165, 1.54) is 44.9 Å². The normalized spacial score (nSPS) is 14.1. The topological polar surface area (TPSA) is 57.4 Å². The van der Waals surface area contributed by atoms with Crippen molar-refractivity contribution >= 4 is 5.69 Å². The number of aromatic nitrogens is 1. The summed E-state index contributed by atoms with van der Waals surface area (Å²) >= 11 is 0. The minimum Gasteiger partial charge on any atom is -0.478 e. The van der Waals surface area contributed by atoms with Gasteiger partial charge in [0, 0.05) is 6.07 Å². The summed E-state index contributed by atoms with van der Waals surface area (Å²) in [5.74, 6) is 1.82. The van der Waals surface area contributed by atoms with Gasteiger partial charge >= 0.3 is 0 Å². The molecule has 0 bridgehead atoms. The molecule has 0 atom stereocenters. The van der Waals surface area contributed by atoms with E-state index < -0.39 is 0 Å². The molecular weight excluding hydrogens is 264 g/mol. The van der Waals surface area contributed by atoms with Crippen molar-refractivity contribution in [2.24, 2.45) is 5.92 Å². The Morgan fingerprint density at radius 3 is 2.62 bits per heavy atom. The van der Waals surface area contributed by atoms with Gasteiger partial charge in [0.25, 0.3) is 0 Å². The summed E-state index contributed by atoms with van der Waals surface area (Å²) in [7, 11) is 0. The number of nitrogens with zero attached hydrogens (tertiary/aromatic N) is 1. The van der Waals surface area contributed by atoms with Crippen LogP contribution in [0.15, 0.2) is 12.1 Å². The molecule has 1 aromatic rings. The first-order chi connectivity index (χ1) is 10.3. The summed E-state index contributed by atoms with van der Waals surface area (Å²) < 4.78 is 11.3. The molecule has 0 aromatic carbocycles. The molecule has 0 spiro atoms. The molecule has 2 rings (SSSR count). The van der Waals surface area contributed by atoms with Crippen LogP contribution in [0.2, 0.25) is 0 Å². The van der Waals surface area contributed by atoms with Gasteiger partial charge in [0.2, 0.25) is 11.8 Å². The van der Waals surface area contributed by atoms with E-state index in [2.05, 4.69) is 11.9 Å². The van der Waals surface area contributed by atoms with Crippen LogP contribution in [-0.4, -0.2) is 18.2 Å². The molecule has 1 aromatic heterocycles. The Morgan fingerprint density at radius 1 is 1.10 bits per heavy atom. The molecule has 1 heterocycles. The molecular formula is C17H28N2O2. The first-order valence-electron chi connectivity index (χ1n) is 8.31. The maximum Gasteiger partial charge on any atom is 0.240 e. The monoisotopic (exact) mass is 292 g/mol. The number of anilines is 1. The van der Waals surface area contributed by atoms with Crippen molar-refractivity contribution < 1.29 is 9.47 Å². The maximum absolute atomic E-state index is 5.88. The zero-order valence-electron chi connectivity index (χ0n) is 13.1. The molecule has 0 saturated heterocycles. The van der Waals surface area contributed by atoms with Crippen molar-refractivity contribution in [1.82, 2.24) is 4.98 Å². The lowest BCUT2D eigenvalue weighted by molar-refractivity contribution is 0.268. The minimum absolute atomic E-state index is 0.516. The Hall–Kier alpha value is -1.45. The molecule has 4 nitrogen and oxygen atoms in total. The molecule has 1 aliphatic rings. The molecule has 0 amide bonds. The molecule has 0 aliphatic heterocycles. The van der Waals surface area contributed by atoms with Crippen LogP contribution >= 0.6 is 0 Å². The van der Waals surface area contributed by atoms with E-state index in [1.54, 1.807) is 0 Å². The molecule has 21 heavy (non-hydrogen) atoms. The van der Waals surface area contributed by atoms with Crippen molar-refractivity contribution in [1.29, 1.82) is 0 Å². The molecule has 1 saturated carbocycles. The van der Waals surface area contributed by atoms with Gasteiger partial charge in [0.15, 0.2) is 0 Å². The highest BCUT2D eigenvalue weighted by Crippen LogP contribution is 2.31. The largest absolute Gasteiger partial charge is 0.478 e. The SMILES string of the molecule is CCCCCCCCOc1ccc(N)c(OCC2CC2)n1. The van der Waals surface area contributed by atoms with E-state index in [0.29, 0.717) is 30.0 Å². The van der Waals surface area contributed by atoms with E-state index in [9.17, 15) is 0 Å². The molecule has 0 radical (unpaired) electrons. The number of hydrogen-bond acceptors (Lipinski definition) is 4. The fraction of sp³-hybridized carbons (Fsp3) is 0.706. The second-order valence-electron chi connectivity index (χ2n) is 5.91. The summed E-state index contributed by atoms with van der Waals surface area (Å²) in [6, 6.07) is 3.63. The average molecular weight is 292 g/mol. The van der Waals surface area contributed by atoms with E-state index in [1.807, 2.05) is 12.1 Å². The highest BCUT2D eigenvalue weighted by Gasteiger charge is 2.22. The van der Waals surface area contributed by atoms with Crippen LogP contribution in [0.1, 0.15) is 58.3 Å². The Morgan fingerprint density at radius 2 is 1.86 bits per heavy atom. The van der Waals surface area contributed by atoms with Gasteiger partial charge in [-0.1, -0.05) is 39.0 Å². The number of nitrogen functional groups attached to an aromatic ring is 1. The molecule has 118 valence electrons. The lowest BCUT2D eigenvalue weighted by atomic mass is 10.1. The highest BCUT2D eigenvalue weighted by atomic mass is 16.5. The predicted octanol–water partition coefficient (Wildman–Crippen LogP) is 4.19. The van der Waals surface area contributed by atoms with Gasteiger partial charge in [-0.25, -0.2) is 0 Å². The first kappa shape index (κ1) is 15.9. The maximum atomic E-state index is 5.88. The lowest BCUT2D eigenvalue weighted by Gasteiger charge is -2.10. The van der Waals surface area contributed by atoms with Gasteiger partial charge in [-0.05, 0) is 31.2 Å². The van der Waals surface area contributed by atoms with Crippen molar-refractivity contribution in [2.75, 3.05) is 18.9 Å². The van der Waals surface area contributed by atoms with Gasteiger partial charge in [-0.3, -0.25) is 0 Å². The van der Waals surface area contributed by atoms with Crippen LogP contribution in [0.4, 0.5) is 5.69 Å². The number of ether oxygens (including phenoxy) is 2. The van der Waals surface area contributed by atoms with Crippen LogP contribution in [-0.2, 0) is 0 Å². The number of hydrogen-bond donors (Lipinski definition) is 1. The minimum atomic E-state index is 0.516. The molecule has 0 unspecified atom stereocenters. The summed E-state index contributed by atoms with van der Waals surface area (Å²) in [6.45, 7) is 3.67. The number of rotatable bonds is 11. The Labute approximate surface area is 128 Å². The third-order valence-corrected chi connectivity index (χ3v) is 3.76. The van der Waals surface area contributed by atoms with Crippen molar-refractivity contribution in [3.8, 4) is 11.8 Å². The lowest BCUT2D eigenvalue weighted by Crippen LogP contribution is -2.06. The van der Waals surface area contributed by atoms with E-state index in [-0.39, 0.29) is 0 Å². The van der Waals surface area contributed by atoms with Crippen LogP contribution in [0, 0.1) is 5.92 Å². The number of pyridine rings is 1. The first-order valence-corrected chi connectivity index (χ1v) is 8.31. The zero-order valence-corrected chi connectivity index (χ0v) is 13.1. The van der Waals surface area contributed by atoms with Crippen LogP contribution < -0.4 is 15.2 Å². The Kier molecular flexibility index (Phi) is 6.64. The summed E-state index contributed by atoms with van der Waals surface area (Å²) in [6.07, 6.45) is 10.1. The second kappa shape index (κ2) is 8.75. The van der Waals surface area contributed by atoms with Gasteiger partial charge in [-0.15, -0.1) is 0 Å². The summed E-state index contributed by atoms with van der Waals surface area (Å²) in [4.78, 5) is 4.35. The number of nitrogens with two attached hydrogens (primary N) is 1. The fourth-order valence-corrected chi connectivity index (χ4v) is 2.17. The summed E-state index contributed by atoms with van der Waals surface area (Å²) in [5.41, 5.74) is 6.46. The van der Waals surface area contributed by atoms with E-state index >= 15 is 0 Å². The summed E-state index contributed by atoms with van der Waals surface area (Å²) in [5, 5.41) is 0. The van der Waals surface area contributed by atoms with Crippen LogP contribution in [0.3, 0.4) is 0 Å². The van der Waals surface area contributed by atoms with Crippen LogP contribution in [0.5, 0.6) is 11.8 Å². The standard InChI is InChI=1S/C17H28N2O2/c1-2-3-4-5-6-7-12-20-16-11-10-15(18)17(19-16)21-13-14-8-9-14/h10-11,14H,2-9,12-13,18H2,1H3. The van der Waals surface area contributed by atoms with E-state index in [0.717, 1.165) is 13.0 Å². The predicted molar refractivity (Wildman–Crippen MR) is 85.7 cm³/mol. The Bertz CT molecular complexity index is 419. The second-order valence-corrected chi connectivity index (χ2v) is 5.91. The third kappa shape index (κ3) is 6.23. The molecule has 1 fully saturated rings. The van der Waals surface area contributed by atoms with Crippen molar-refractivity contribution in [3.05, 3.63) is 12.1 Å². The van der Waals surface area contributed by atoms with Crippen LogP contribution in [0.25, 0.3) is 0 Å². The molecule has 1 aliphatic carbocycles. The quantitative estimate of drug-likeness (QED) is 0.621. The third-order valence-electron chi connectivity index (χ3n) is 3.76. The fourth-order valence-electron chi connectivity index (χ4n) is 2.17. The van der Waals surface area contributed by atoms with Gasteiger partial charge in [0.05, 0.1) is 18.9 Å². The average Bonchev–Trinajstić information content (AvgIpc) is 3.31.